The zero-order valence-electron chi connectivity index (χ0n) is 9.43. The van der Waals surface area contributed by atoms with Gasteiger partial charge in [0.05, 0.1) is 12.0 Å². The van der Waals surface area contributed by atoms with Gasteiger partial charge in [-0.3, -0.25) is 0 Å². The molecule has 2 aromatic heterocycles. The molecule has 0 aromatic carbocycles. The van der Waals surface area contributed by atoms with E-state index in [9.17, 15) is 0 Å². The molecule has 0 bridgehead atoms. The van der Waals surface area contributed by atoms with Gasteiger partial charge in [-0.1, -0.05) is 0 Å². The average molecular weight is 221 g/mol. The number of furan rings is 1. The first kappa shape index (κ1) is 10.8. The van der Waals surface area contributed by atoms with Crippen LogP contribution >= 0.6 is 0 Å². The predicted molar refractivity (Wildman–Crippen MR) is 58.9 cm³/mol. The molecule has 5 nitrogen and oxygen atoms in total. The maximum Gasteiger partial charge on any atom is 0.212 e. The molecule has 5 heteroatoms. The fraction of sp³-hybridized carbons (Fsp3) is 0.364. The van der Waals surface area contributed by atoms with Gasteiger partial charge in [-0.05, 0) is 13.0 Å². The molecule has 16 heavy (non-hydrogen) atoms. The van der Waals surface area contributed by atoms with Crippen LogP contribution in [0.2, 0.25) is 0 Å². The van der Waals surface area contributed by atoms with E-state index in [1.165, 1.54) is 0 Å². The molecule has 0 fully saturated rings. The molecule has 0 saturated heterocycles. The van der Waals surface area contributed by atoms with Gasteiger partial charge in [-0.25, -0.2) is 4.68 Å². The lowest BCUT2D eigenvalue weighted by Crippen LogP contribution is -2.04. The number of aromatic nitrogens is 2. The van der Waals surface area contributed by atoms with Crippen LogP contribution in [-0.4, -0.2) is 9.78 Å². The Morgan fingerprint density at radius 3 is 3.00 bits per heavy atom. The minimum atomic E-state index is 0.374. The Labute approximate surface area is 93.8 Å². The Balaban J connectivity index is 2.05. The third-order valence-electron chi connectivity index (χ3n) is 2.37. The lowest BCUT2D eigenvalue weighted by Gasteiger charge is -2.04. The Bertz CT molecular complexity index is 473. The van der Waals surface area contributed by atoms with Crippen LogP contribution in [0, 0.1) is 6.92 Å². The lowest BCUT2D eigenvalue weighted by atomic mass is 10.2. The second-order valence-corrected chi connectivity index (χ2v) is 3.61. The smallest absolute Gasteiger partial charge is 0.212 e. The summed E-state index contributed by atoms with van der Waals surface area (Å²) in [5.41, 5.74) is 7.46. The van der Waals surface area contributed by atoms with Crippen LogP contribution in [0.4, 0.5) is 0 Å². The average Bonchev–Trinajstić information content (AvgIpc) is 2.81. The molecule has 0 unspecified atom stereocenters. The van der Waals surface area contributed by atoms with Crippen molar-refractivity contribution < 1.29 is 9.15 Å². The zero-order chi connectivity index (χ0) is 11.5. The van der Waals surface area contributed by atoms with Crippen LogP contribution in [0.25, 0.3) is 0 Å². The van der Waals surface area contributed by atoms with Crippen molar-refractivity contribution in [2.24, 2.45) is 12.8 Å². The zero-order valence-corrected chi connectivity index (χ0v) is 9.43. The molecule has 0 aliphatic heterocycles. The van der Waals surface area contributed by atoms with Gasteiger partial charge in [0, 0.05) is 25.2 Å². The van der Waals surface area contributed by atoms with E-state index in [1.54, 1.807) is 10.9 Å². The van der Waals surface area contributed by atoms with Crippen LogP contribution in [-0.2, 0) is 20.2 Å². The molecule has 0 amide bonds. The van der Waals surface area contributed by atoms with E-state index in [2.05, 4.69) is 5.10 Å². The first-order valence-electron chi connectivity index (χ1n) is 5.09. The van der Waals surface area contributed by atoms with Gasteiger partial charge >= 0.3 is 0 Å². The summed E-state index contributed by atoms with van der Waals surface area (Å²) in [6, 6.07) is 3.73. The van der Waals surface area contributed by atoms with Crippen LogP contribution in [0.1, 0.15) is 17.0 Å². The predicted octanol–water partition coefficient (Wildman–Crippen LogP) is 1.36. The number of aryl methyl sites for hydroxylation is 2. The van der Waals surface area contributed by atoms with Crippen molar-refractivity contribution in [1.29, 1.82) is 0 Å². The molecule has 0 saturated carbocycles. The van der Waals surface area contributed by atoms with Gasteiger partial charge in [0.25, 0.3) is 0 Å². The van der Waals surface area contributed by atoms with E-state index in [0.29, 0.717) is 13.2 Å². The van der Waals surface area contributed by atoms with Crippen LogP contribution in [0.5, 0.6) is 5.88 Å². The van der Waals surface area contributed by atoms with Gasteiger partial charge in [0.1, 0.15) is 12.4 Å². The normalized spacial score (nSPS) is 10.7. The van der Waals surface area contributed by atoms with Crippen molar-refractivity contribution in [2.45, 2.75) is 20.1 Å². The van der Waals surface area contributed by atoms with Gasteiger partial charge < -0.3 is 14.9 Å². The number of hydrogen-bond acceptors (Lipinski definition) is 4. The third kappa shape index (κ3) is 2.09. The van der Waals surface area contributed by atoms with Crippen LogP contribution in [0.3, 0.4) is 0 Å². The van der Waals surface area contributed by atoms with Crippen molar-refractivity contribution in [3.05, 3.63) is 35.4 Å². The number of hydrogen-bond donors (Lipinski definition) is 1. The Morgan fingerprint density at radius 1 is 1.56 bits per heavy atom. The van der Waals surface area contributed by atoms with Gasteiger partial charge in [-0.2, -0.15) is 5.10 Å². The van der Waals surface area contributed by atoms with E-state index in [0.717, 1.165) is 22.9 Å². The van der Waals surface area contributed by atoms with E-state index in [4.69, 9.17) is 14.9 Å². The Kier molecular flexibility index (Phi) is 2.96. The van der Waals surface area contributed by atoms with Crippen molar-refractivity contribution in [2.75, 3.05) is 0 Å². The Hall–Kier alpha value is -1.75. The standard InChI is InChI=1S/C11H15N3O2/c1-8-5-11(14(2)13-8)16-7-10-9(6-12)3-4-15-10/h3-5H,6-7,12H2,1-2H3. The molecule has 2 aromatic rings. The third-order valence-corrected chi connectivity index (χ3v) is 2.37. The summed E-state index contributed by atoms with van der Waals surface area (Å²) >= 11 is 0. The van der Waals surface area contributed by atoms with Crippen molar-refractivity contribution in [3.63, 3.8) is 0 Å². The molecule has 0 spiro atoms. The summed E-state index contributed by atoms with van der Waals surface area (Å²) in [4.78, 5) is 0. The van der Waals surface area contributed by atoms with E-state index in [-0.39, 0.29) is 0 Å². The number of nitrogens with two attached hydrogens (primary N) is 1. The first-order chi connectivity index (χ1) is 7.70. The first-order valence-corrected chi connectivity index (χ1v) is 5.09. The number of nitrogens with zero attached hydrogens (tertiary/aromatic N) is 2. The summed E-state index contributed by atoms with van der Waals surface area (Å²) < 4.78 is 12.6. The molecule has 2 heterocycles. The van der Waals surface area contributed by atoms with Gasteiger partial charge in [0.15, 0.2) is 0 Å². The van der Waals surface area contributed by atoms with Crippen molar-refractivity contribution >= 4 is 0 Å². The van der Waals surface area contributed by atoms with Gasteiger partial charge in [-0.15, -0.1) is 0 Å². The maximum atomic E-state index is 5.60. The van der Waals surface area contributed by atoms with Gasteiger partial charge in [0.2, 0.25) is 5.88 Å². The largest absolute Gasteiger partial charge is 0.470 e. The molecular formula is C11H15N3O2. The molecule has 0 aliphatic rings. The molecule has 0 atom stereocenters. The van der Waals surface area contributed by atoms with Crippen LogP contribution in [0.15, 0.2) is 22.8 Å². The monoisotopic (exact) mass is 221 g/mol. The van der Waals surface area contributed by atoms with Crippen molar-refractivity contribution in [3.8, 4) is 5.88 Å². The molecule has 86 valence electrons. The summed E-state index contributed by atoms with van der Waals surface area (Å²) in [6.07, 6.45) is 1.62. The topological polar surface area (TPSA) is 66.2 Å². The lowest BCUT2D eigenvalue weighted by molar-refractivity contribution is 0.247. The number of ether oxygens (including phenoxy) is 1. The maximum absolute atomic E-state index is 5.60. The SMILES string of the molecule is Cc1cc(OCc2occc2CN)n(C)n1. The quantitative estimate of drug-likeness (QED) is 0.846. The summed E-state index contributed by atoms with van der Waals surface area (Å²) in [6.45, 7) is 2.75. The highest BCUT2D eigenvalue weighted by atomic mass is 16.5. The summed E-state index contributed by atoms with van der Waals surface area (Å²) in [5, 5.41) is 4.19. The van der Waals surface area contributed by atoms with E-state index < -0.39 is 0 Å². The summed E-state index contributed by atoms with van der Waals surface area (Å²) in [7, 11) is 1.84. The number of rotatable bonds is 4. The highest BCUT2D eigenvalue weighted by molar-refractivity contribution is 5.18. The van der Waals surface area contributed by atoms with E-state index >= 15 is 0 Å². The highest BCUT2D eigenvalue weighted by Crippen LogP contribution is 2.16. The summed E-state index contributed by atoms with van der Waals surface area (Å²) in [5.74, 6) is 1.48. The minimum Gasteiger partial charge on any atom is -0.470 e. The molecular weight excluding hydrogens is 206 g/mol. The fourth-order valence-electron chi connectivity index (χ4n) is 1.54. The molecule has 0 aliphatic carbocycles. The second-order valence-electron chi connectivity index (χ2n) is 3.61. The Morgan fingerprint density at radius 2 is 2.38 bits per heavy atom. The minimum absolute atomic E-state index is 0.374. The molecule has 2 rings (SSSR count). The van der Waals surface area contributed by atoms with E-state index in [1.807, 2.05) is 26.1 Å². The fourth-order valence-corrected chi connectivity index (χ4v) is 1.54. The molecule has 0 radical (unpaired) electrons. The van der Waals surface area contributed by atoms with Crippen LogP contribution < -0.4 is 10.5 Å². The second kappa shape index (κ2) is 4.40. The van der Waals surface area contributed by atoms with Crippen molar-refractivity contribution in [1.82, 2.24) is 9.78 Å². The highest BCUT2D eigenvalue weighted by Gasteiger charge is 2.08. The molecule has 2 N–H and O–H groups in total.